The maximum absolute atomic E-state index is 13.4. The number of nitrogens with one attached hydrogen (secondary N) is 2. The standard InChI is InChI=1S/C29H32FN3O2S/c1-19(2)17-36(34,35)33-16-26-28(21-7-5-4-6-8-21)29(26,18-33)25-14-22(15-31)27(13-20(25)3)32-24-11-9-23(30)10-12-24/h4-15,19,26,28,31-32H,16-18H2,1-3H3/t26-,28-,29+/m1/s1. The zero-order valence-electron chi connectivity index (χ0n) is 20.8. The lowest BCUT2D eigenvalue weighted by Crippen LogP contribution is -2.37. The van der Waals surface area contributed by atoms with E-state index >= 15 is 0 Å². The molecule has 3 atom stereocenters. The minimum Gasteiger partial charge on any atom is -0.355 e. The van der Waals surface area contributed by atoms with Crippen LogP contribution in [0.5, 0.6) is 0 Å². The fourth-order valence-electron chi connectivity index (χ4n) is 6.10. The van der Waals surface area contributed by atoms with Gasteiger partial charge in [-0.25, -0.2) is 17.1 Å². The zero-order chi connectivity index (χ0) is 25.7. The van der Waals surface area contributed by atoms with E-state index < -0.39 is 10.0 Å². The zero-order valence-corrected chi connectivity index (χ0v) is 21.6. The number of halogens is 1. The highest BCUT2D eigenvalue weighted by Crippen LogP contribution is 2.70. The molecular formula is C29H32FN3O2S. The second kappa shape index (κ2) is 9.12. The lowest BCUT2D eigenvalue weighted by atomic mass is 9.86. The summed E-state index contributed by atoms with van der Waals surface area (Å²) >= 11 is 0. The summed E-state index contributed by atoms with van der Waals surface area (Å²) in [6.07, 6.45) is 1.32. The molecule has 36 heavy (non-hydrogen) atoms. The monoisotopic (exact) mass is 505 g/mol. The molecule has 1 aliphatic carbocycles. The van der Waals surface area contributed by atoms with Crippen LogP contribution in [0.2, 0.25) is 0 Å². The SMILES string of the molecule is Cc1cc(Nc2ccc(F)cc2)c(C=N)cc1[C@@]12CN(S(=O)(=O)CC(C)C)C[C@@H]1[C@H]2c1ccccc1. The van der Waals surface area contributed by atoms with Gasteiger partial charge in [-0.1, -0.05) is 44.2 Å². The number of benzene rings is 3. The van der Waals surface area contributed by atoms with Gasteiger partial charge in [0.15, 0.2) is 0 Å². The highest BCUT2D eigenvalue weighted by atomic mass is 32.2. The maximum Gasteiger partial charge on any atom is 0.214 e. The van der Waals surface area contributed by atoms with Crippen molar-refractivity contribution in [2.45, 2.75) is 32.1 Å². The summed E-state index contributed by atoms with van der Waals surface area (Å²) in [5.41, 5.74) is 5.29. The van der Waals surface area contributed by atoms with E-state index in [-0.39, 0.29) is 34.7 Å². The Kier molecular flexibility index (Phi) is 6.25. The van der Waals surface area contributed by atoms with Gasteiger partial charge in [0.1, 0.15) is 5.82 Å². The third-order valence-corrected chi connectivity index (χ3v) is 9.77. The third kappa shape index (κ3) is 4.24. The van der Waals surface area contributed by atoms with Gasteiger partial charge < -0.3 is 10.7 Å². The smallest absolute Gasteiger partial charge is 0.214 e. The Morgan fingerprint density at radius 3 is 2.47 bits per heavy atom. The number of hydrogen-bond acceptors (Lipinski definition) is 4. The number of sulfonamides is 1. The minimum absolute atomic E-state index is 0.0656. The Morgan fingerprint density at radius 2 is 1.83 bits per heavy atom. The molecule has 0 aromatic heterocycles. The molecule has 1 aliphatic heterocycles. The minimum atomic E-state index is -3.35. The van der Waals surface area contributed by atoms with Crippen molar-refractivity contribution in [3.05, 3.63) is 94.8 Å². The van der Waals surface area contributed by atoms with E-state index in [1.165, 1.54) is 23.9 Å². The highest BCUT2D eigenvalue weighted by molar-refractivity contribution is 7.89. The maximum atomic E-state index is 13.4. The van der Waals surface area contributed by atoms with Crippen molar-refractivity contribution in [1.29, 1.82) is 5.41 Å². The molecule has 0 amide bonds. The molecule has 5 nitrogen and oxygen atoms in total. The number of nitrogens with zero attached hydrogens (tertiary/aromatic N) is 1. The average molecular weight is 506 g/mol. The lowest BCUT2D eigenvalue weighted by Gasteiger charge is -2.26. The van der Waals surface area contributed by atoms with Crippen LogP contribution in [0.15, 0.2) is 66.7 Å². The number of aryl methyl sites for hydroxylation is 1. The van der Waals surface area contributed by atoms with E-state index in [1.54, 1.807) is 16.4 Å². The van der Waals surface area contributed by atoms with Crippen LogP contribution in [0.4, 0.5) is 15.8 Å². The number of fused-ring (bicyclic) bond motifs is 1. The van der Waals surface area contributed by atoms with E-state index in [2.05, 4.69) is 24.4 Å². The Morgan fingerprint density at radius 1 is 1.14 bits per heavy atom. The molecule has 2 fully saturated rings. The number of piperidine rings is 1. The van der Waals surface area contributed by atoms with Gasteiger partial charge in [0.25, 0.3) is 0 Å². The molecule has 1 heterocycles. The lowest BCUT2D eigenvalue weighted by molar-refractivity contribution is 0.417. The van der Waals surface area contributed by atoms with E-state index in [4.69, 9.17) is 5.41 Å². The van der Waals surface area contributed by atoms with Gasteiger partial charge >= 0.3 is 0 Å². The largest absolute Gasteiger partial charge is 0.355 e. The summed E-state index contributed by atoms with van der Waals surface area (Å²) in [4.78, 5) is 0. The second-order valence-corrected chi connectivity index (χ2v) is 12.5. The van der Waals surface area contributed by atoms with Crippen LogP contribution in [0.25, 0.3) is 0 Å². The van der Waals surface area contributed by atoms with Crippen molar-refractivity contribution in [2.75, 3.05) is 24.2 Å². The molecular weight excluding hydrogens is 473 g/mol. The van der Waals surface area contributed by atoms with Crippen LogP contribution >= 0.6 is 0 Å². The number of hydrogen-bond donors (Lipinski definition) is 2. The van der Waals surface area contributed by atoms with Gasteiger partial charge in [0, 0.05) is 47.6 Å². The molecule has 5 rings (SSSR count). The van der Waals surface area contributed by atoms with Gasteiger partial charge in [-0.15, -0.1) is 0 Å². The summed E-state index contributed by atoms with van der Waals surface area (Å²) < 4.78 is 41.4. The summed E-state index contributed by atoms with van der Waals surface area (Å²) in [5, 5.41) is 11.4. The van der Waals surface area contributed by atoms with Crippen molar-refractivity contribution in [3.63, 3.8) is 0 Å². The first-order valence-electron chi connectivity index (χ1n) is 12.4. The van der Waals surface area contributed by atoms with Gasteiger partial charge in [-0.05, 0) is 71.8 Å². The molecule has 0 spiro atoms. The van der Waals surface area contributed by atoms with E-state index in [0.29, 0.717) is 13.1 Å². The average Bonchev–Trinajstić information content (AvgIpc) is 3.28. The van der Waals surface area contributed by atoms with Gasteiger partial charge in [-0.3, -0.25) is 0 Å². The van der Waals surface area contributed by atoms with Crippen molar-refractivity contribution in [3.8, 4) is 0 Å². The summed E-state index contributed by atoms with van der Waals surface area (Å²) in [7, 11) is -3.35. The Hall–Kier alpha value is -3.03. The van der Waals surface area contributed by atoms with E-state index in [0.717, 1.165) is 28.1 Å². The van der Waals surface area contributed by atoms with Crippen molar-refractivity contribution < 1.29 is 12.8 Å². The van der Waals surface area contributed by atoms with Gasteiger partial charge in [0.2, 0.25) is 10.0 Å². The van der Waals surface area contributed by atoms with E-state index in [9.17, 15) is 12.8 Å². The number of anilines is 2. The fraction of sp³-hybridized carbons (Fsp3) is 0.345. The Bertz CT molecular complexity index is 1390. The molecule has 3 aromatic carbocycles. The quantitative estimate of drug-likeness (QED) is 0.379. The molecule has 3 aromatic rings. The Labute approximate surface area is 212 Å². The van der Waals surface area contributed by atoms with Crippen molar-refractivity contribution in [1.82, 2.24) is 4.31 Å². The van der Waals surface area contributed by atoms with Gasteiger partial charge in [0.05, 0.1) is 5.75 Å². The van der Waals surface area contributed by atoms with Gasteiger partial charge in [-0.2, -0.15) is 0 Å². The third-order valence-electron chi connectivity index (χ3n) is 7.62. The predicted octanol–water partition coefficient (Wildman–Crippen LogP) is 5.83. The van der Waals surface area contributed by atoms with Crippen LogP contribution in [0.1, 0.15) is 42.0 Å². The molecule has 2 aliphatic rings. The summed E-state index contributed by atoms with van der Waals surface area (Å²) in [5.74, 6) is 0.337. The van der Waals surface area contributed by atoms with E-state index in [1.807, 2.05) is 44.2 Å². The molecule has 1 saturated heterocycles. The molecule has 188 valence electrons. The molecule has 2 N–H and O–H groups in total. The number of rotatable bonds is 8. The fourth-order valence-corrected chi connectivity index (χ4v) is 7.95. The van der Waals surface area contributed by atoms with Crippen LogP contribution < -0.4 is 5.32 Å². The van der Waals surface area contributed by atoms with Crippen molar-refractivity contribution >= 4 is 27.6 Å². The normalized spacial score (nSPS) is 23.5. The highest BCUT2D eigenvalue weighted by Gasteiger charge is 2.71. The molecule has 0 bridgehead atoms. The first-order valence-corrected chi connectivity index (χ1v) is 14.0. The van der Waals surface area contributed by atoms with Crippen LogP contribution in [-0.2, 0) is 15.4 Å². The van der Waals surface area contributed by atoms with Crippen LogP contribution in [0.3, 0.4) is 0 Å². The molecule has 1 saturated carbocycles. The molecule has 0 unspecified atom stereocenters. The first kappa shape index (κ1) is 24.7. The van der Waals surface area contributed by atoms with Crippen LogP contribution in [-0.4, -0.2) is 37.8 Å². The summed E-state index contributed by atoms with van der Waals surface area (Å²) in [6.45, 7) is 6.89. The molecule has 7 heteroatoms. The Balaban J connectivity index is 1.55. The topological polar surface area (TPSA) is 73.3 Å². The van der Waals surface area contributed by atoms with Crippen molar-refractivity contribution in [2.24, 2.45) is 11.8 Å². The van der Waals surface area contributed by atoms with Crippen LogP contribution in [0, 0.1) is 30.0 Å². The second-order valence-electron chi connectivity index (χ2n) is 10.5. The molecule has 0 radical (unpaired) electrons. The summed E-state index contributed by atoms with van der Waals surface area (Å²) in [6, 6.07) is 20.5. The predicted molar refractivity (Wildman–Crippen MR) is 143 cm³/mol. The first-order chi connectivity index (χ1) is 17.2.